The van der Waals surface area contributed by atoms with Gasteiger partial charge in [0, 0.05) is 11.5 Å². The Morgan fingerprint density at radius 2 is 1.85 bits per heavy atom. The largest absolute Gasteiger partial charge is 0.493 e. The molecule has 1 amide bonds. The molecule has 1 N–H and O–H groups in total. The number of rotatable bonds is 5. The summed E-state index contributed by atoms with van der Waals surface area (Å²) in [6.07, 6.45) is 2.33. The van der Waals surface area contributed by atoms with Gasteiger partial charge < -0.3 is 14.8 Å². The van der Waals surface area contributed by atoms with Crippen molar-refractivity contribution < 1.29 is 14.3 Å². The summed E-state index contributed by atoms with van der Waals surface area (Å²) in [6.45, 7) is 4.14. The molecule has 106 valence electrons. The van der Waals surface area contributed by atoms with E-state index in [1.807, 2.05) is 12.1 Å². The summed E-state index contributed by atoms with van der Waals surface area (Å²) in [4.78, 5) is 15.1. The fraction of sp³-hybridized carbons (Fsp3) is 0.333. The topological polar surface area (TPSA) is 60.5 Å². The Hall–Kier alpha value is -2.30. The van der Waals surface area contributed by atoms with Crippen molar-refractivity contribution in [3.05, 3.63) is 23.9 Å². The second-order valence-corrected chi connectivity index (χ2v) is 4.73. The van der Waals surface area contributed by atoms with Crippen LogP contribution in [0, 0.1) is 0 Å². The minimum Gasteiger partial charge on any atom is -0.493 e. The summed E-state index contributed by atoms with van der Waals surface area (Å²) in [7, 11) is 3.19. The van der Waals surface area contributed by atoms with Crippen molar-refractivity contribution in [2.24, 2.45) is 0 Å². The molecule has 1 aromatic heterocycles. The van der Waals surface area contributed by atoms with Crippen molar-refractivity contribution in [1.82, 2.24) is 4.98 Å². The summed E-state index contributed by atoms with van der Waals surface area (Å²) in [6, 6.07) is 3.73. The third-order valence-corrected chi connectivity index (χ3v) is 3.21. The lowest BCUT2D eigenvalue weighted by molar-refractivity contribution is -0.105. The minimum atomic E-state index is 0.237. The monoisotopic (exact) mass is 274 g/mol. The van der Waals surface area contributed by atoms with Crippen molar-refractivity contribution in [1.29, 1.82) is 0 Å². The van der Waals surface area contributed by atoms with Crippen LogP contribution in [0.25, 0.3) is 10.9 Å². The number of nitrogens with one attached hydrogen (secondary N) is 1. The van der Waals surface area contributed by atoms with E-state index in [0.717, 1.165) is 22.2 Å². The van der Waals surface area contributed by atoms with E-state index < -0.39 is 0 Å². The van der Waals surface area contributed by atoms with Crippen molar-refractivity contribution in [3.8, 4) is 11.5 Å². The van der Waals surface area contributed by atoms with Crippen LogP contribution < -0.4 is 14.8 Å². The first kappa shape index (κ1) is 14.1. The number of nitrogens with zero attached hydrogens (tertiary/aromatic N) is 1. The van der Waals surface area contributed by atoms with Crippen LogP contribution in [0.15, 0.2) is 18.3 Å². The maximum Gasteiger partial charge on any atom is 0.211 e. The Morgan fingerprint density at radius 1 is 1.20 bits per heavy atom. The number of hydrogen-bond donors (Lipinski definition) is 1. The van der Waals surface area contributed by atoms with Gasteiger partial charge in [-0.1, -0.05) is 13.8 Å². The molecule has 0 spiro atoms. The molecule has 1 heterocycles. The van der Waals surface area contributed by atoms with Gasteiger partial charge in [0.25, 0.3) is 0 Å². The predicted molar refractivity (Wildman–Crippen MR) is 78.6 cm³/mol. The molecule has 5 nitrogen and oxygen atoms in total. The van der Waals surface area contributed by atoms with Gasteiger partial charge in [0.2, 0.25) is 6.41 Å². The Labute approximate surface area is 117 Å². The van der Waals surface area contributed by atoms with Gasteiger partial charge in [-0.2, -0.15) is 0 Å². The molecule has 0 bridgehead atoms. The van der Waals surface area contributed by atoms with Crippen LogP contribution in [0.3, 0.4) is 0 Å². The van der Waals surface area contributed by atoms with Gasteiger partial charge in [-0.15, -0.1) is 0 Å². The Morgan fingerprint density at radius 3 is 2.40 bits per heavy atom. The summed E-state index contributed by atoms with van der Waals surface area (Å²) < 4.78 is 10.6. The maximum atomic E-state index is 10.7. The normalized spacial score (nSPS) is 10.7. The van der Waals surface area contributed by atoms with E-state index in [2.05, 4.69) is 24.1 Å². The zero-order valence-electron chi connectivity index (χ0n) is 12.1. The van der Waals surface area contributed by atoms with Gasteiger partial charge in [0.15, 0.2) is 11.5 Å². The van der Waals surface area contributed by atoms with Crippen molar-refractivity contribution in [2.45, 2.75) is 19.8 Å². The average Bonchev–Trinajstić information content (AvgIpc) is 2.45. The van der Waals surface area contributed by atoms with Gasteiger partial charge >= 0.3 is 0 Å². The number of carbonyl (C=O) groups excluding carboxylic acids is 1. The highest BCUT2D eigenvalue weighted by molar-refractivity contribution is 5.92. The van der Waals surface area contributed by atoms with Gasteiger partial charge in [-0.25, -0.2) is 0 Å². The number of ether oxygens (including phenoxy) is 2. The van der Waals surface area contributed by atoms with Crippen molar-refractivity contribution in [2.75, 3.05) is 19.5 Å². The van der Waals surface area contributed by atoms with E-state index in [1.165, 1.54) is 0 Å². The second-order valence-electron chi connectivity index (χ2n) is 4.73. The number of pyridine rings is 1. The van der Waals surface area contributed by atoms with Crippen LogP contribution in [0.1, 0.15) is 25.3 Å². The van der Waals surface area contributed by atoms with Gasteiger partial charge in [0.1, 0.15) is 0 Å². The molecule has 0 radical (unpaired) electrons. The SMILES string of the molecule is COc1cc2ncc(NC=O)c(C(C)C)c2cc1OC. The molecule has 2 aromatic rings. The zero-order chi connectivity index (χ0) is 14.7. The fourth-order valence-electron chi connectivity index (χ4n) is 2.34. The first-order chi connectivity index (χ1) is 9.62. The first-order valence-corrected chi connectivity index (χ1v) is 6.37. The molecule has 0 saturated carbocycles. The van der Waals surface area contributed by atoms with Crippen LogP contribution >= 0.6 is 0 Å². The van der Waals surface area contributed by atoms with E-state index in [1.54, 1.807) is 20.4 Å². The number of benzene rings is 1. The molecule has 0 atom stereocenters. The van der Waals surface area contributed by atoms with Crippen LogP contribution in [0.2, 0.25) is 0 Å². The molecule has 2 rings (SSSR count). The highest BCUT2D eigenvalue weighted by Crippen LogP contribution is 2.37. The molecule has 20 heavy (non-hydrogen) atoms. The van der Waals surface area contributed by atoms with E-state index in [9.17, 15) is 4.79 Å². The number of fused-ring (bicyclic) bond motifs is 1. The molecular weight excluding hydrogens is 256 g/mol. The average molecular weight is 274 g/mol. The third-order valence-electron chi connectivity index (χ3n) is 3.21. The van der Waals surface area contributed by atoms with Crippen molar-refractivity contribution in [3.63, 3.8) is 0 Å². The molecule has 0 aliphatic heterocycles. The predicted octanol–water partition coefficient (Wildman–Crippen LogP) is 2.94. The molecule has 1 aromatic carbocycles. The zero-order valence-corrected chi connectivity index (χ0v) is 12.1. The van der Waals surface area contributed by atoms with E-state index in [-0.39, 0.29) is 5.92 Å². The van der Waals surface area contributed by atoms with Crippen LogP contribution in [-0.4, -0.2) is 25.6 Å². The van der Waals surface area contributed by atoms with E-state index >= 15 is 0 Å². The highest BCUT2D eigenvalue weighted by Gasteiger charge is 2.15. The molecule has 0 fully saturated rings. The van der Waals surface area contributed by atoms with Crippen molar-refractivity contribution >= 4 is 23.0 Å². The van der Waals surface area contributed by atoms with E-state index in [4.69, 9.17) is 9.47 Å². The summed E-state index contributed by atoms with van der Waals surface area (Å²) in [5.74, 6) is 1.52. The maximum absolute atomic E-state index is 10.7. The van der Waals surface area contributed by atoms with Gasteiger partial charge in [-0.05, 0) is 17.5 Å². The molecule has 0 aliphatic rings. The Balaban J connectivity index is 2.78. The number of anilines is 1. The molecule has 5 heteroatoms. The van der Waals surface area contributed by atoms with Gasteiger partial charge in [-0.3, -0.25) is 9.78 Å². The Bertz CT molecular complexity index is 639. The second kappa shape index (κ2) is 5.77. The van der Waals surface area contributed by atoms with E-state index in [0.29, 0.717) is 17.9 Å². The summed E-state index contributed by atoms with van der Waals surface area (Å²) in [5, 5.41) is 3.65. The minimum absolute atomic E-state index is 0.237. The molecule has 0 saturated heterocycles. The number of aromatic nitrogens is 1. The Kier molecular flexibility index (Phi) is 4.08. The van der Waals surface area contributed by atoms with Gasteiger partial charge in [0.05, 0.1) is 31.6 Å². The number of hydrogen-bond acceptors (Lipinski definition) is 4. The lowest BCUT2D eigenvalue weighted by Gasteiger charge is -2.16. The standard InChI is InChI=1S/C15H18N2O3/c1-9(2)15-10-5-13(19-3)14(20-4)6-11(10)16-7-12(15)17-8-18/h5-9H,1-4H3,(H,17,18). The van der Waals surface area contributed by atoms with Crippen LogP contribution in [0.5, 0.6) is 11.5 Å². The smallest absolute Gasteiger partial charge is 0.211 e. The lowest BCUT2D eigenvalue weighted by atomic mass is 9.96. The highest BCUT2D eigenvalue weighted by atomic mass is 16.5. The number of methoxy groups -OCH3 is 2. The first-order valence-electron chi connectivity index (χ1n) is 6.37. The molecular formula is C15H18N2O3. The summed E-state index contributed by atoms with van der Waals surface area (Å²) in [5.41, 5.74) is 2.56. The lowest BCUT2D eigenvalue weighted by Crippen LogP contribution is -2.03. The quantitative estimate of drug-likeness (QED) is 0.852. The molecule has 0 aliphatic carbocycles. The fourth-order valence-corrected chi connectivity index (χ4v) is 2.34. The van der Waals surface area contributed by atoms with Crippen LogP contribution in [-0.2, 0) is 4.79 Å². The molecule has 0 unspecified atom stereocenters. The van der Waals surface area contributed by atoms with Crippen LogP contribution in [0.4, 0.5) is 5.69 Å². The number of amides is 1. The number of carbonyl (C=O) groups is 1. The summed E-state index contributed by atoms with van der Waals surface area (Å²) >= 11 is 0. The third kappa shape index (κ3) is 2.39.